The maximum absolute atomic E-state index is 5.31. The van der Waals surface area contributed by atoms with Crippen molar-refractivity contribution in [1.82, 2.24) is 14.5 Å². The van der Waals surface area contributed by atoms with E-state index in [1.54, 1.807) is 0 Å². The minimum absolute atomic E-state index is 0.185. The lowest BCUT2D eigenvalue weighted by Gasteiger charge is -2.23. The van der Waals surface area contributed by atoms with E-state index in [2.05, 4.69) is 206 Å². The van der Waals surface area contributed by atoms with Gasteiger partial charge in [-0.05, 0) is 101 Å². The highest BCUT2D eigenvalue weighted by atomic mass is 15.0. The molecule has 0 spiro atoms. The number of benzene rings is 8. The van der Waals surface area contributed by atoms with Gasteiger partial charge in [-0.1, -0.05) is 165 Å². The topological polar surface area (TPSA) is 55.4 Å². The third kappa shape index (κ3) is 7.57. The van der Waals surface area contributed by atoms with Crippen LogP contribution in [0.25, 0.3) is 89.0 Å². The van der Waals surface area contributed by atoms with Crippen LogP contribution >= 0.6 is 0 Å². The Morgan fingerprint density at radius 1 is 0.569 bits per heavy atom. The van der Waals surface area contributed by atoms with Gasteiger partial charge in [-0.15, -0.1) is 0 Å². The molecule has 0 radical (unpaired) electrons. The Hall–Kier alpha value is -8.28. The van der Waals surface area contributed by atoms with Crippen molar-refractivity contribution in [3.63, 3.8) is 0 Å². The van der Waals surface area contributed by atoms with Crippen LogP contribution in [0, 0.1) is 5.92 Å². The minimum Gasteiger partial charge on any atom is -0.309 e. The Morgan fingerprint density at radius 2 is 1.14 bits per heavy atom. The Balaban J connectivity index is 1.02. The summed E-state index contributed by atoms with van der Waals surface area (Å²) in [6, 6.07) is 70.6. The predicted molar refractivity (Wildman–Crippen MR) is 273 cm³/mol. The molecule has 0 fully saturated rings. The van der Waals surface area contributed by atoms with Crippen molar-refractivity contribution in [1.29, 1.82) is 0 Å². The van der Waals surface area contributed by atoms with Gasteiger partial charge in [0, 0.05) is 44.1 Å². The molecule has 1 atom stereocenters. The quantitative estimate of drug-likeness (QED) is 0.136. The molecule has 65 heavy (non-hydrogen) atoms. The molecule has 0 bridgehead atoms. The van der Waals surface area contributed by atoms with Crippen molar-refractivity contribution in [2.75, 3.05) is 0 Å². The molecule has 5 heteroatoms. The summed E-state index contributed by atoms with van der Waals surface area (Å²) in [6.45, 7) is 7.00. The summed E-state index contributed by atoms with van der Waals surface area (Å²) in [4.78, 5) is 20.5. The molecule has 0 amide bonds. The number of aliphatic imine (C=N–C) groups is 2. The number of fused-ring (bicyclic) bond motifs is 4. The first kappa shape index (κ1) is 39.6. The van der Waals surface area contributed by atoms with Gasteiger partial charge in [0.25, 0.3) is 0 Å². The van der Waals surface area contributed by atoms with Gasteiger partial charge in [-0.25, -0.2) is 9.97 Å². The highest BCUT2D eigenvalue weighted by Crippen LogP contribution is 2.38. The molecule has 11 rings (SSSR count). The molecular weight excluding hydrogens is 791 g/mol. The van der Waals surface area contributed by atoms with Crippen LogP contribution in [0.5, 0.6) is 0 Å². The lowest BCUT2D eigenvalue weighted by atomic mass is 9.84. The molecule has 5 nitrogen and oxygen atoms in total. The normalized spacial score (nSPS) is 15.2. The molecule has 310 valence electrons. The van der Waals surface area contributed by atoms with E-state index in [0.29, 0.717) is 12.4 Å². The van der Waals surface area contributed by atoms with E-state index in [0.717, 1.165) is 90.2 Å². The SMILES string of the molecule is C=N/C(=C1\C(=NCc2ccccc2)C=CCC1C)c1cc(-c2ccc(-c3ccc(-n4c5ccccc5c5ccccc54)cc3)cc2)cc(-c2nc(-c3ccccc3)c3ccccc3n2)c1. The number of nitrogens with zero attached hydrogens (tertiary/aromatic N) is 5. The molecule has 0 aliphatic heterocycles. The van der Waals surface area contributed by atoms with Crippen LogP contribution in [0.2, 0.25) is 0 Å². The molecule has 2 aromatic heterocycles. The zero-order valence-electron chi connectivity index (χ0n) is 36.1. The molecule has 0 saturated carbocycles. The van der Waals surface area contributed by atoms with Crippen LogP contribution in [0.3, 0.4) is 0 Å². The minimum atomic E-state index is 0.185. The fourth-order valence-corrected chi connectivity index (χ4v) is 9.37. The zero-order valence-corrected chi connectivity index (χ0v) is 36.1. The van der Waals surface area contributed by atoms with E-state index in [4.69, 9.17) is 20.0 Å². The molecular formula is C60H45N5. The number of allylic oxidation sites excluding steroid dienone is 3. The highest BCUT2D eigenvalue weighted by Gasteiger charge is 2.23. The lowest BCUT2D eigenvalue weighted by Crippen LogP contribution is -2.15. The van der Waals surface area contributed by atoms with Crippen molar-refractivity contribution in [3.05, 3.63) is 229 Å². The molecule has 0 N–H and O–H groups in total. The molecule has 0 saturated heterocycles. The molecule has 2 heterocycles. The van der Waals surface area contributed by atoms with Gasteiger partial charge in [0.15, 0.2) is 5.82 Å². The zero-order chi connectivity index (χ0) is 43.7. The first-order valence-corrected chi connectivity index (χ1v) is 22.2. The van der Waals surface area contributed by atoms with E-state index in [9.17, 15) is 0 Å². The van der Waals surface area contributed by atoms with Gasteiger partial charge in [0.1, 0.15) is 0 Å². The second kappa shape index (κ2) is 17.1. The molecule has 1 aliphatic carbocycles. The van der Waals surface area contributed by atoms with E-state index in [1.807, 2.05) is 24.3 Å². The summed E-state index contributed by atoms with van der Waals surface area (Å²) in [6.07, 6.45) is 5.25. The maximum Gasteiger partial charge on any atom is 0.160 e. The Kier molecular flexibility index (Phi) is 10.4. The average Bonchev–Trinajstić information content (AvgIpc) is 3.71. The summed E-state index contributed by atoms with van der Waals surface area (Å²) in [5.74, 6) is 0.831. The summed E-state index contributed by atoms with van der Waals surface area (Å²) in [5.41, 5.74) is 16.6. The first-order chi connectivity index (χ1) is 32.1. The van der Waals surface area contributed by atoms with Crippen LogP contribution < -0.4 is 0 Å². The summed E-state index contributed by atoms with van der Waals surface area (Å²) in [5, 5.41) is 3.52. The summed E-state index contributed by atoms with van der Waals surface area (Å²) >= 11 is 0. The van der Waals surface area contributed by atoms with Crippen LogP contribution in [0.1, 0.15) is 24.5 Å². The summed E-state index contributed by atoms with van der Waals surface area (Å²) in [7, 11) is 0. The molecule has 10 aromatic rings. The van der Waals surface area contributed by atoms with Crippen LogP contribution in [-0.2, 0) is 6.54 Å². The number of hydrogen-bond acceptors (Lipinski definition) is 4. The van der Waals surface area contributed by atoms with Crippen molar-refractivity contribution >= 4 is 50.8 Å². The van der Waals surface area contributed by atoms with Crippen LogP contribution in [0.15, 0.2) is 228 Å². The molecule has 8 aromatic carbocycles. The molecule has 1 aliphatic rings. The Morgan fingerprint density at radius 3 is 1.82 bits per heavy atom. The predicted octanol–water partition coefficient (Wildman–Crippen LogP) is 15.0. The van der Waals surface area contributed by atoms with E-state index in [1.165, 1.54) is 21.8 Å². The van der Waals surface area contributed by atoms with E-state index >= 15 is 0 Å². The van der Waals surface area contributed by atoms with Gasteiger partial charge >= 0.3 is 0 Å². The van der Waals surface area contributed by atoms with E-state index < -0.39 is 0 Å². The first-order valence-electron chi connectivity index (χ1n) is 22.2. The average molecular weight is 836 g/mol. The standard InChI is InChI=1S/C60H45N5/c1-40-16-15-25-54(62-39-41-17-5-3-6-18-41)57(40)59(61-2)47-36-46(37-48(38-47)60-63-53-24-12-9-23-52(53)58(64-60)45-19-7-4-8-20-45)44-30-28-42(29-31-44)43-32-34-49(35-33-43)65-55-26-13-10-21-50(55)51-22-11-14-27-56(51)65/h3-15,17-38,40H,2,16,39H2,1H3/b59-57-,62-54?. The number of rotatable bonds is 9. The maximum atomic E-state index is 5.31. The van der Waals surface area contributed by atoms with Crippen molar-refractivity contribution in [3.8, 4) is 50.6 Å². The fourth-order valence-electron chi connectivity index (χ4n) is 9.37. The van der Waals surface area contributed by atoms with Gasteiger partial charge in [0.2, 0.25) is 0 Å². The second-order valence-electron chi connectivity index (χ2n) is 16.7. The van der Waals surface area contributed by atoms with E-state index in [-0.39, 0.29) is 5.92 Å². The molecule has 1 unspecified atom stereocenters. The third-order valence-corrected chi connectivity index (χ3v) is 12.6. The Bertz CT molecular complexity index is 3430. The number of hydrogen-bond donors (Lipinski definition) is 0. The van der Waals surface area contributed by atoms with Crippen molar-refractivity contribution in [2.45, 2.75) is 19.9 Å². The highest BCUT2D eigenvalue weighted by molar-refractivity contribution is 6.14. The van der Waals surface area contributed by atoms with Gasteiger partial charge in [-0.3, -0.25) is 9.98 Å². The third-order valence-electron chi connectivity index (χ3n) is 12.6. The monoisotopic (exact) mass is 835 g/mol. The number of aromatic nitrogens is 3. The van der Waals surface area contributed by atoms with Crippen molar-refractivity contribution < 1.29 is 0 Å². The van der Waals surface area contributed by atoms with Gasteiger partial charge in [-0.2, -0.15) is 0 Å². The van der Waals surface area contributed by atoms with Crippen LogP contribution in [0.4, 0.5) is 0 Å². The van der Waals surface area contributed by atoms with Gasteiger partial charge in [0.05, 0.1) is 40.2 Å². The number of para-hydroxylation sites is 3. The smallest absolute Gasteiger partial charge is 0.160 e. The van der Waals surface area contributed by atoms with Gasteiger partial charge < -0.3 is 4.57 Å². The Labute approximate surface area is 379 Å². The van der Waals surface area contributed by atoms with Crippen molar-refractivity contribution in [2.24, 2.45) is 15.9 Å². The largest absolute Gasteiger partial charge is 0.309 e. The van der Waals surface area contributed by atoms with Crippen LogP contribution in [-0.4, -0.2) is 27.0 Å². The lowest BCUT2D eigenvalue weighted by molar-refractivity contribution is 0.713. The fraction of sp³-hybridized carbons (Fsp3) is 0.0667. The second-order valence-corrected chi connectivity index (χ2v) is 16.7. The summed E-state index contributed by atoms with van der Waals surface area (Å²) < 4.78 is 2.36.